The van der Waals surface area contributed by atoms with Gasteiger partial charge >= 0.3 is 0 Å². The first-order valence-electron chi connectivity index (χ1n) is 13.3. The number of benzene rings is 2. The van der Waals surface area contributed by atoms with E-state index >= 15 is 0 Å². The SMILES string of the molecule is Cn1nc2c(=O)n(CC3(O)CCN(Cc4ccc(-c5ccco5)cc4F)CC3)cnc2c1-c1ccc(CN)cc1. The molecule has 10 heteroatoms. The Hall–Kier alpha value is -4.12. The highest BCUT2D eigenvalue weighted by Crippen LogP contribution is 2.29. The standard InChI is InChI=1S/C30H31FN6O3/c1-35-28(21-6-4-20(16-32)5-7-21)26-27(34-35)29(38)37(19-33-26)18-30(39)10-12-36(13-11-30)17-23-9-8-22(15-24(23)31)25-3-2-14-40-25/h2-9,14-15,19,39H,10-13,16-18,32H2,1H3. The van der Waals surface area contributed by atoms with Crippen LogP contribution >= 0.6 is 0 Å². The molecule has 0 atom stereocenters. The smallest absolute Gasteiger partial charge is 0.281 e. The molecule has 0 saturated carbocycles. The van der Waals surface area contributed by atoms with Crippen molar-refractivity contribution in [2.45, 2.75) is 38.1 Å². The Bertz CT molecular complexity index is 1700. The Morgan fingerprint density at radius 1 is 1.07 bits per heavy atom. The Morgan fingerprint density at radius 3 is 2.50 bits per heavy atom. The van der Waals surface area contributed by atoms with Gasteiger partial charge in [-0.3, -0.25) is 18.9 Å². The van der Waals surface area contributed by atoms with Crippen LogP contribution in [0.1, 0.15) is 24.0 Å². The van der Waals surface area contributed by atoms with Crippen molar-refractivity contribution < 1.29 is 13.9 Å². The van der Waals surface area contributed by atoms with Gasteiger partial charge in [-0.1, -0.05) is 36.4 Å². The van der Waals surface area contributed by atoms with Gasteiger partial charge in [0.15, 0.2) is 5.52 Å². The van der Waals surface area contributed by atoms with E-state index in [4.69, 9.17) is 10.2 Å². The summed E-state index contributed by atoms with van der Waals surface area (Å²) in [6.45, 7) is 2.16. The lowest BCUT2D eigenvalue weighted by Gasteiger charge is -2.38. The summed E-state index contributed by atoms with van der Waals surface area (Å²) < 4.78 is 23.3. The van der Waals surface area contributed by atoms with E-state index in [1.807, 2.05) is 30.3 Å². The van der Waals surface area contributed by atoms with E-state index in [9.17, 15) is 14.3 Å². The normalized spacial score (nSPS) is 15.6. The Balaban J connectivity index is 1.14. The van der Waals surface area contributed by atoms with E-state index < -0.39 is 5.60 Å². The molecule has 1 saturated heterocycles. The molecule has 0 radical (unpaired) electrons. The summed E-state index contributed by atoms with van der Waals surface area (Å²) in [6, 6.07) is 16.5. The number of rotatable bonds is 7. The van der Waals surface area contributed by atoms with Crippen molar-refractivity contribution in [2.75, 3.05) is 13.1 Å². The number of halogens is 1. The van der Waals surface area contributed by atoms with E-state index in [0.717, 1.165) is 16.8 Å². The molecule has 0 spiro atoms. The third kappa shape index (κ3) is 4.97. The lowest BCUT2D eigenvalue weighted by atomic mass is 9.91. The quantitative estimate of drug-likeness (QED) is 0.322. The molecule has 1 aliphatic heterocycles. The molecular formula is C30H31FN6O3. The minimum atomic E-state index is -1.08. The fourth-order valence-electron chi connectivity index (χ4n) is 5.44. The van der Waals surface area contributed by atoms with Crippen LogP contribution in [-0.4, -0.2) is 48.0 Å². The van der Waals surface area contributed by atoms with Gasteiger partial charge in [-0.25, -0.2) is 9.37 Å². The zero-order valence-electron chi connectivity index (χ0n) is 22.3. The molecule has 0 unspecified atom stereocenters. The van der Waals surface area contributed by atoms with Gasteiger partial charge in [0, 0.05) is 49.9 Å². The van der Waals surface area contributed by atoms with Crippen LogP contribution in [0.15, 0.2) is 76.4 Å². The van der Waals surface area contributed by atoms with Crippen LogP contribution in [0.2, 0.25) is 0 Å². The number of nitrogens with zero attached hydrogens (tertiary/aromatic N) is 5. The predicted octanol–water partition coefficient (Wildman–Crippen LogP) is 3.68. The van der Waals surface area contributed by atoms with Crippen molar-refractivity contribution in [3.63, 3.8) is 0 Å². The summed E-state index contributed by atoms with van der Waals surface area (Å²) in [5.41, 5.74) is 9.07. The summed E-state index contributed by atoms with van der Waals surface area (Å²) in [6.07, 6.45) is 3.95. The molecule has 1 aliphatic rings. The lowest BCUT2D eigenvalue weighted by molar-refractivity contribution is -0.0366. The third-order valence-electron chi connectivity index (χ3n) is 7.78. The van der Waals surface area contributed by atoms with Crippen LogP contribution in [0, 0.1) is 5.82 Å². The molecular weight excluding hydrogens is 511 g/mol. The molecule has 0 amide bonds. The maximum absolute atomic E-state index is 14.8. The van der Waals surface area contributed by atoms with Crippen LogP contribution in [0.5, 0.6) is 0 Å². The average Bonchev–Trinajstić information content (AvgIpc) is 3.61. The number of aromatic nitrogens is 4. The summed E-state index contributed by atoms with van der Waals surface area (Å²) in [4.78, 5) is 20.0. The molecule has 6 rings (SSSR count). The molecule has 0 aliphatic carbocycles. The lowest BCUT2D eigenvalue weighted by Crippen LogP contribution is -2.47. The summed E-state index contributed by atoms with van der Waals surface area (Å²) in [7, 11) is 1.79. The molecule has 206 valence electrons. The van der Waals surface area contributed by atoms with Gasteiger partial charge < -0.3 is 15.3 Å². The van der Waals surface area contributed by atoms with Crippen molar-refractivity contribution in [3.8, 4) is 22.6 Å². The largest absolute Gasteiger partial charge is 0.464 e. The maximum atomic E-state index is 14.8. The van der Waals surface area contributed by atoms with Crippen LogP contribution in [0.25, 0.3) is 33.6 Å². The number of fused-ring (bicyclic) bond motifs is 1. The van der Waals surface area contributed by atoms with Gasteiger partial charge in [-0.15, -0.1) is 0 Å². The highest BCUT2D eigenvalue weighted by atomic mass is 19.1. The highest BCUT2D eigenvalue weighted by Gasteiger charge is 2.33. The number of likely N-dealkylation sites (tertiary alicyclic amines) is 1. The number of furan rings is 1. The van der Waals surface area contributed by atoms with Crippen molar-refractivity contribution in [1.82, 2.24) is 24.2 Å². The summed E-state index contributed by atoms with van der Waals surface area (Å²) >= 11 is 0. The second kappa shape index (κ2) is 10.5. The summed E-state index contributed by atoms with van der Waals surface area (Å²) in [5.74, 6) is 0.338. The first kappa shape index (κ1) is 26.1. The molecule has 5 aromatic rings. The highest BCUT2D eigenvalue weighted by molar-refractivity contribution is 5.89. The molecule has 1 fully saturated rings. The predicted molar refractivity (Wildman–Crippen MR) is 150 cm³/mol. The Kier molecular flexibility index (Phi) is 6.83. The zero-order chi connectivity index (χ0) is 27.9. The average molecular weight is 543 g/mol. The van der Waals surface area contributed by atoms with Crippen molar-refractivity contribution in [1.29, 1.82) is 0 Å². The second-order valence-electron chi connectivity index (χ2n) is 10.5. The molecule has 3 N–H and O–H groups in total. The van der Waals surface area contributed by atoms with E-state index in [1.165, 1.54) is 17.0 Å². The number of nitrogens with two attached hydrogens (primary N) is 1. The van der Waals surface area contributed by atoms with E-state index in [-0.39, 0.29) is 23.4 Å². The van der Waals surface area contributed by atoms with Gasteiger partial charge in [0.2, 0.25) is 0 Å². The van der Waals surface area contributed by atoms with Crippen molar-refractivity contribution in [3.05, 3.63) is 94.5 Å². The number of piperidine rings is 1. The molecule has 40 heavy (non-hydrogen) atoms. The van der Waals surface area contributed by atoms with E-state index in [0.29, 0.717) is 61.4 Å². The first-order valence-corrected chi connectivity index (χ1v) is 13.3. The monoisotopic (exact) mass is 542 g/mol. The zero-order valence-corrected chi connectivity index (χ0v) is 22.3. The number of hydrogen-bond acceptors (Lipinski definition) is 7. The van der Waals surface area contributed by atoms with Crippen LogP contribution in [-0.2, 0) is 26.7 Å². The molecule has 9 nitrogen and oxygen atoms in total. The Labute approximate surface area is 230 Å². The summed E-state index contributed by atoms with van der Waals surface area (Å²) in [5, 5.41) is 15.8. The minimum absolute atomic E-state index is 0.117. The van der Waals surface area contributed by atoms with Gasteiger partial charge in [0.1, 0.15) is 17.1 Å². The van der Waals surface area contributed by atoms with Crippen molar-refractivity contribution in [2.24, 2.45) is 12.8 Å². The minimum Gasteiger partial charge on any atom is -0.464 e. The topological polar surface area (TPSA) is 115 Å². The number of hydrogen-bond donors (Lipinski definition) is 2. The number of aryl methyl sites for hydroxylation is 1. The third-order valence-corrected chi connectivity index (χ3v) is 7.78. The number of aliphatic hydroxyl groups is 1. The van der Waals surface area contributed by atoms with Crippen LogP contribution < -0.4 is 11.3 Å². The fourth-order valence-corrected chi connectivity index (χ4v) is 5.44. The van der Waals surface area contributed by atoms with Gasteiger partial charge in [-0.2, -0.15) is 5.10 Å². The van der Waals surface area contributed by atoms with Crippen molar-refractivity contribution >= 4 is 11.0 Å². The molecule has 2 aromatic carbocycles. The van der Waals surface area contributed by atoms with Gasteiger partial charge in [0.25, 0.3) is 5.56 Å². The molecule has 0 bridgehead atoms. The maximum Gasteiger partial charge on any atom is 0.281 e. The van der Waals surface area contributed by atoms with E-state index in [2.05, 4.69) is 15.0 Å². The van der Waals surface area contributed by atoms with Crippen LogP contribution in [0.3, 0.4) is 0 Å². The van der Waals surface area contributed by atoms with Gasteiger partial charge in [-0.05, 0) is 36.6 Å². The fraction of sp³-hybridized carbons (Fsp3) is 0.300. The molecule has 3 aromatic heterocycles. The second-order valence-corrected chi connectivity index (χ2v) is 10.5. The molecule has 4 heterocycles. The first-order chi connectivity index (χ1) is 19.3. The van der Waals surface area contributed by atoms with E-state index in [1.54, 1.807) is 36.2 Å². The van der Waals surface area contributed by atoms with Crippen LogP contribution in [0.4, 0.5) is 4.39 Å². The van der Waals surface area contributed by atoms with Gasteiger partial charge in [0.05, 0.1) is 30.4 Å². The Morgan fingerprint density at radius 2 is 1.82 bits per heavy atom.